The van der Waals surface area contributed by atoms with Gasteiger partial charge in [-0.2, -0.15) is 5.26 Å². The average Bonchev–Trinajstić information content (AvgIpc) is 2.88. The summed E-state index contributed by atoms with van der Waals surface area (Å²) >= 11 is 1.10. The number of nitrogens with zero attached hydrogens (tertiary/aromatic N) is 3. The molecule has 0 fully saturated rings. The van der Waals surface area contributed by atoms with Gasteiger partial charge in [-0.1, -0.05) is 6.07 Å². The Bertz CT molecular complexity index is 1010. The van der Waals surface area contributed by atoms with Crippen LogP contribution in [0.3, 0.4) is 0 Å². The third-order valence-electron chi connectivity index (χ3n) is 3.44. The zero-order valence-electron chi connectivity index (χ0n) is 12.5. The summed E-state index contributed by atoms with van der Waals surface area (Å²) in [5.74, 6) is -0.497. The quantitative estimate of drug-likeness (QED) is 0.737. The molecule has 0 unspecified atom stereocenters. The van der Waals surface area contributed by atoms with E-state index in [9.17, 15) is 14.9 Å². The van der Waals surface area contributed by atoms with Gasteiger partial charge < -0.3 is 11.1 Å². The molecule has 3 aromatic rings. The summed E-state index contributed by atoms with van der Waals surface area (Å²) in [5.41, 5.74) is 6.27. The molecule has 3 rings (SSSR count). The van der Waals surface area contributed by atoms with E-state index in [0.29, 0.717) is 5.00 Å². The van der Waals surface area contributed by atoms with Gasteiger partial charge >= 0.3 is 0 Å². The SMILES string of the molecule is N#Cc1c(Nc2cccc3ncccc23)sn(CCC(N)=O)c1=O. The fraction of sp³-hybridized carbons (Fsp3) is 0.125. The molecule has 0 atom stereocenters. The number of hydrogen-bond donors (Lipinski definition) is 2. The fourth-order valence-corrected chi connectivity index (χ4v) is 3.25. The fourth-order valence-electron chi connectivity index (χ4n) is 2.30. The average molecular weight is 339 g/mol. The number of amides is 1. The minimum atomic E-state index is -0.497. The number of aryl methyl sites for hydroxylation is 1. The van der Waals surface area contributed by atoms with Gasteiger partial charge in [-0.25, -0.2) is 0 Å². The van der Waals surface area contributed by atoms with Crippen LogP contribution in [-0.4, -0.2) is 14.8 Å². The van der Waals surface area contributed by atoms with Crippen LogP contribution in [0.4, 0.5) is 10.7 Å². The van der Waals surface area contributed by atoms with E-state index in [-0.39, 0.29) is 18.5 Å². The highest BCUT2D eigenvalue weighted by Crippen LogP contribution is 2.28. The smallest absolute Gasteiger partial charge is 0.280 e. The van der Waals surface area contributed by atoms with E-state index in [1.54, 1.807) is 6.20 Å². The number of fused-ring (bicyclic) bond motifs is 1. The van der Waals surface area contributed by atoms with E-state index in [2.05, 4.69) is 10.3 Å². The summed E-state index contributed by atoms with van der Waals surface area (Å²) in [6, 6.07) is 11.2. The van der Waals surface area contributed by atoms with Gasteiger partial charge in [0, 0.05) is 30.2 Å². The predicted molar refractivity (Wildman–Crippen MR) is 92.1 cm³/mol. The molecule has 0 aliphatic heterocycles. The molecule has 0 radical (unpaired) electrons. The van der Waals surface area contributed by atoms with Gasteiger partial charge in [0.2, 0.25) is 5.91 Å². The second-order valence-corrected chi connectivity index (χ2v) is 6.06. The highest BCUT2D eigenvalue weighted by Gasteiger charge is 2.16. The van der Waals surface area contributed by atoms with E-state index in [1.807, 2.05) is 36.4 Å². The Hall–Kier alpha value is -3.18. The summed E-state index contributed by atoms with van der Waals surface area (Å²) < 4.78 is 1.36. The van der Waals surface area contributed by atoms with Crippen LogP contribution in [0.15, 0.2) is 41.3 Å². The summed E-state index contributed by atoms with van der Waals surface area (Å²) in [5, 5.41) is 13.7. The molecule has 8 heteroatoms. The van der Waals surface area contributed by atoms with Crippen molar-refractivity contribution < 1.29 is 4.79 Å². The molecular formula is C16H13N5O2S. The maximum Gasteiger partial charge on any atom is 0.280 e. The molecule has 24 heavy (non-hydrogen) atoms. The van der Waals surface area contributed by atoms with Gasteiger partial charge in [0.05, 0.1) is 5.52 Å². The van der Waals surface area contributed by atoms with Crippen LogP contribution in [-0.2, 0) is 11.3 Å². The Kier molecular flexibility index (Phi) is 4.26. The topological polar surface area (TPSA) is 114 Å². The second-order valence-electron chi connectivity index (χ2n) is 5.03. The number of benzene rings is 1. The molecule has 0 spiro atoms. The van der Waals surface area contributed by atoms with Crippen molar-refractivity contribution in [1.82, 2.24) is 8.94 Å². The molecule has 1 amide bonds. The Labute approximate surface area is 141 Å². The molecule has 0 saturated carbocycles. The molecular weight excluding hydrogens is 326 g/mol. The Morgan fingerprint density at radius 2 is 2.21 bits per heavy atom. The van der Waals surface area contributed by atoms with Gasteiger partial charge in [-0.15, -0.1) is 0 Å². The molecule has 2 aromatic heterocycles. The van der Waals surface area contributed by atoms with Crippen LogP contribution < -0.4 is 16.6 Å². The van der Waals surface area contributed by atoms with Gasteiger partial charge in [0.25, 0.3) is 5.56 Å². The lowest BCUT2D eigenvalue weighted by Crippen LogP contribution is -2.20. The number of aromatic nitrogens is 2. The number of carbonyl (C=O) groups excluding carboxylic acids is 1. The number of primary amides is 1. The van der Waals surface area contributed by atoms with Gasteiger partial charge in [0.15, 0.2) is 5.56 Å². The first-order chi connectivity index (χ1) is 11.6. The molecule has 0 saturated heterocycles. The number of nitrogens with one attached hydrogen (secondary N) is 1. The first-order valence-electron chi connectivity index (χ1n) is 7.13. The molecule has 120 valence electrons. The third kappa shape index (κ3) is 2.98. The maximum absolute atomic E-state index is 12.2. The molecule has 3 N–H and O–H groups in total. The number of nitriles is 1. The van der Waals surface area contributed by atoms with Crippen LogP contribution in [0.1, 0.15) is 12.0 Å². The van der Waals surface area contributed by atoms with Crippen LogP contribution in [0.5, 0.6) is 0 Å². The highest BCUT2D eigenvalue weighted by atomic mass is 32.1. The van der Waals surface area contributed by atoms with Crippen molar-refractivity contribution in [3.05, 3.63) is 52.4 Å². The first kappa shape index (κ1) is 15.7. The number of hydrogen-bond acceptors (Lipinski definition) is 6. The zero-order valence-corrected chi connectivity index (χ0v) is 13.3. The molecule has 7 nitrogen and oxygen atoms in total. The predicted octanol–water partition coefficient (Wildman–Crippen LogP) is 1.95. The number of pyridine rings is 1. The lowest BCUT2D eigenvalue weighted by molar-refractivity contribution is -0.118. The zero-order chi connectivity index (χ0) is 17.1. The van der Waals surface area contributed by atoms with Crippen LogP contribution in [0.25, 0.3) is 10.9 Å². The van der Waals surface area contributed by atoms with Crippen molar-refractivity contribution in [2.75, 3.05) is 5.32 Å². The molecule has 0 aliphatic carbocycles. The summed E-state index contributed by atoms with van der Waals surface area (Å²) in [6.07, 6.45) is 1.74. The van der Waals surface area contributed by atoms with Gasteiger partial charge in [-0.3, -0.25) is 18.5 Å². The number of carbonyl (C=O) groups is 1. The van der Waals surface area contributed by atoms with E-state index < -0.39 is 11.5 Å². The van der Waals surface area contributed by atoms with E-state index >= 15 is 0 Å². The van der Waals surface area contributed by atoms with Crippen molar-refractivity contribution in [3.8, 4) is 6.07 Å². The molecule has 0 bridgehead atoms. The summed E-state index contributed by atoms with van der Waals surface area (Å²) in [7, 11) is 0. The minimum Gasteiger partial charge on any atom is -0.370 e. The van der Waals surface area contributed by atoms with Gasteiger partial charge in [0.1, 0.15) is 11.1 Å². The first-order valence-corrected chi connectivity index (χ1v) is 7.91. The van der Waals surface area contributed by atoms with E-state index in [0.717, 1.165) is 28.1 Å². The Morgan fingerprint density at radius 1 is 1.38 bits per heavy atom. The molecule has 1 aromatic carbocycles. The monoisotopic (exact) mass is 339 g/mol. The van der Waals surface area contributed by atoms with Crippen LogP contribution in [0, 0.1) is 11.3 Å². The van der Waals surface area contributed by atoms with Crippen LogP contribution >= 0.6 is 11.5 Å². The highest BCUT2D eigenvalue weighted by molar-refractivity contribution is 7.11. The van der Waals surface area contributed by atoms with Crippen molar-refractivity contribution in [2.45, 2.75) is 13.0 Å². The second kappa shape index (κ2) is 6.52. The lowest BCUT2D eigenvalue weighted by Gasteiger charge is -2.07. The largest absolute Gasteiger partial charge is 0.370 e. The van der Waals surface area contributed by atoms with Crippen molar-refractivity contribution in [1.29, 1.82) is 5.26 Å². The number of rotatable bonds is 5. The normalized spacial score (nSPS) is 10.5. The van der Waals surface area contributed by atoms with E-state index in [4.69, 9.17) is 5.73 Å². The standard InChI is InChI=1S/C16H13N5O2S/c17-9-11-15(24-21(16(11)23)8-6-14(18)22)20-13-5-1-4-12-10(13)3-2-7-19-12/h1-5,7,20H,6,8H2,(H2,18,22). The van der Waals surface area contributed by atoms with Crippen molar-refractivity contribution >= 4 is 39.0 Å². The number of nitrogens with two attached hydrogens (primary N) is 1. The Balaban J connectivity index is 2.00. The molecule has 0 aliphatic rings. The van der Waals surface area contributed by atoms with E-state index in [1.165, 1.54) is 3.96 Å². The van der Waals surface area contributed by atoms with Crippen molar-refractivity contribution in [2.24, 2.45) is 5.73 Å². The lowest BCUT2D eigenvalue weighted by atomic mass is 10.2. The number of anilines is 2. The van der Waals surface area contributed by atoms with Gasteiger partial charge in [-0.05, 0) is 35.8 Å². The Morgan fingerprint density at radius 3 is 2.96 bits per heavy atom. The minimum absolute atomic E-state index is 0.0189. The molecule has 2 heterocycles. The van der Waals surface area contributed by atoms with Crippen molar-refractivity contribution in [3.63, 3.8) is 0 Å². The summed E-state index contributed by atoms with van der Waals surface area (Å²) in [6.45, 7) is 0.159. The summed E-state index contributed by atoms with van der Waals surface area (Å²) in [4.78, 5) is 27.4. The van der Waals surface area contributed by atoms with Crippen LogP contribution in [0.2, 0.25) is 0 Å². The third-order valence-corrected chi connectivity index (χ3v) is 4.49. The maximum atomic E-state index is 12.2.